The van der Waals surface area contributed by atoms with Crippen LogP contribution in [0.25, 0.3) is 0 Å². The summed E-state index contributed by atoms with van der Waals surface area (Å²) in [5.41, 5.74) is -0.0469. The maximum atomic E-state index is 12.9. The first-order valence-electron chi connectivity index (χ1n) is 9.13. The Balaban J connectivity index is 1.45. The van der Waals surface area contributed by atoms with E-state index >= 15 is 0 Å². The molecule has 0 saturated carbocycles. The second-order valence-electron chi connectivity index (χ2n) is 6.91. The molecule has 0 aromatic heterocycles. The Bertz CT molecular complexity index is 762. The topological polar surface area (TPSA) is 27.9 Å². The van der Waals surface area contributed by atoms with E-state index in [2.05, 4.69) is 0 Å². The van der Waals surface area contributed by atoms with E-state index in [4.69, 9.17) is 0 Å². The average molecular weight is 415 g/mol. The minimum atomic E-state index is -4.34. The van der Waals surface area contributed by atoms with Gasteiger partial charge in [0.25, 0.3) is 0 Å². The Morgan fingerprint density at radius 3 is 2.39 bits per heavy atom. The minimum Gasteiger partial charge on any atom is -0.386 e. The summed E-state index contributed by atoms with van der Waals surface area (Å²) >= 11 is 1.48. The van der Waals surface area contributed by atoms with Crippen LogP contribution in [-0.4, -0.2) is 49.7 Å². The normalized spacial score (nSPS) is 17.0. The van der Waals surface area contributed by atoms with Crippen molar-refractivity contribution < 1.29 is 27.6 Å². The fourth-order valence-corrected chi connectivity index (χ4v) is 4.11. The van der Waals surface area contributed by atoms with Crippen LogP contribution >= 0.6 is 11.8 Å². The van der Waals surface area contributed by atoms with Gasteiger partial charge in [0.05, 0.1) is 31.7 Å². The number of aliphatic hydroxyl groups excluding tert-OH is 1. The number of nitrogens with zero attached hydrogens (tertiary/aromatic N) is 1. The van der Waals surface area contributed by atoms with E-state index in [0.29, 0.717) is 31.1 Å². The molecule has 8 heteroatoms. The van der Waals surface area contributed by atoms with Gasteiger partial charge in [-0.2, -0.15) is 13.2 Å². The van der Waals surface area contributed by atoms with Crippen LogP contribution in [-0.2, 0) is 6.18 Å². The Morgan fingerprint density at radius 2 is 1.75 bits per heavy atom. The summed E-state index contributed by atoms with van der Waals surface area (Å²) in [6, 6.07) is 11.6. The molecule has 0 amide bonds. The van der Waals surface area contributed by atoms with E-state index in [1.54, 1.807) is 18.2 Å². The fraction of sp³-hybridized carbons (Fsp3) is 0.400. The number of benzene rings is 2. The number of hydrogen-bond acceptors (Lipinski definition) is 3. The Labute approximate surface area is 166 Å². The fourth-order valence-electron chi connectivity index (χ4n) is 3.28. The van der Waals surface area contributed by atoms with Crippen molar-refractivity contribution in [2.45, 2.75) is 17.2 Å². The number of hydrogen-bond donors (Lipinski definition) is 2. The summed E-state index contributed by atoms with van der Waals surface area (Å²) in [5.74, 6) is 0.236. The van der Waals surface area contributed by atoms with Crippen molar-refractivity contribution in [3.63, 3.8) is 0 Å². The van der Waals surface area contributed by atoms with Crippen LogP contribution in [0.5, 0.6) is 0 Å². The van der Waals surface area contributed by atoms with Gasteiger partial charge in [0.15, 0.2) is 0 Å². The minimum absolute atomic E-state index is 0.284. The van der Waals surface area contributed by atoms with Crippen LogP contribution in [0, 0.1) is 5.82 Å². The average Bonchev–Trinajstić information content (AvgIpc) is 2.68. The van der Waals surface area contributed by atoms with Crippen LogP contribution in [0.3, 0.4) is 0 Å². The van der Waals surface area contributed by atoms with Gasteiger partial charge >= 0.3 is 6.18 Å². The second kappa shape index (κ2) is 9.15. The molecule has 1 heterocycles. The highest BCUT2D eigenvalue weighted by Crippen LogP contribution is 2.31. The van der Waals surface area contributed by atoms with Crippen molar-refractivity contribution in [2.75, 3.05) is 43.4 Å². The lowest BCUT2D eigenvalue weighted by molar-refractivity contribution is -0.903. The van der Waals surface area contributed by atoms with E-state index < -0.39 is 17.8 Å². The maximum Gasteiger partial charge on any atom is 0.416 e. The molecule has 3 nitrogen and oxygen atoms in total. The number of nitrogens with one attached hydrogen (secondary N) is 1. The van der Waals surface area contributed by atoms with Crippen molar-refractivity contribution in [1.29, 1.82) is 0 Å². The third-order valence-corrected chi connectivity index (χ3v) is 5.95. The zero-order valence-electron chi connectivity index (χ0n) is 15.3. The lowest BCUT2D eigenvalue weighted by Crippen LogP contribution is -3.16. The van der Waals surface area contributed by atoms with Crippen LogP contribution in [0.15, 0.2) is 53.4 Å². The molecular weight excluding hydrogens is 392 g/mol. The van der Waals surface area contributed by atoms with E-state index in [1.165, 1.54) is 40.9 Å². The third kappa shape index (κ3) is 5.86. The number of piperazine rings is 1. The number of thioether (sulfide) groups is 1. The lowest BCUT2D eigenvalue weighted by Gasteiger charge is -2.34. The largest absolute Gasteiger partial charge is 0.416 e. The summed E-state index contributed by atoms with van der Waals surface area (Å²) in [6.45, 7) is 3.40. The first-order chi connectivity index (χ1) is 13.3. The van der Waals surface area contributed by atoms with Gasteiger partial charge in [0.1, 0.15) is 18.5 Å². The van der Waals surface area contributed by atoms with E-state index in [-0.39, 0.29) is 5.82 Å². The quantitative estimate of drug-likeness (QED) is 0.561. The van der Waals surface area contributed by atoms with Gasteiger partial charge in [-0.05, 0) is 42.5 Å². The first-order valence-corrected chi connectivity index (χ1v) is 10.1. The van der Waals surface area contributed by atoms with Crippen molar-refractivity contribution in [1.82, 2.24) is 0 Å². The summed E-state index contributed by atoms with van der Waals surface area (Å²) < 4.78 is 51.6. The molecule has 2 aromatic rings. The molecule has 0 spiro atoms. The highest BCUT2D eigenvalue weighted by atomic mass is 32.2. The number of rotatable bonds is 6. The molecule has 1 aliphatic rings. The summed E-state index contributed by atoms with van der Waals surface area (Å²) in [6.07, 6.45) is -4.83. The highest BCUT2D eigenvalue weighted by Gasteiger charge is 2.31. The smallest absolute Gasteiger partial charge is 0.386 e. The molecular formula is C20H23F4N2OS+. The summed E-state index contributed by atoms with van der Waals surface area (Å²) in [4.78, 5) is 4.10. The molecule has 2 N–H and O–H groups in total. The van der Waals surface area contributed by atoms with Crippen LogP contribution < -0.4 is 9.80 Å². The summed E-state index contributed by atoms with van der Waals surface area (Å²) in [7, 11) is 0. The SMILES string of the molecule is O[C@@H](CSc1ccc(F)cc1)C[NH+]1CCN(c2cccc(C(F)(F)F)c2)CC1. The molecule has 152 valence electrons. The number of halogens is 4. The number of aliphatic hydroxyl groups is 1. The van der Waals surface area contributed by atoms with Crippen LogP contribution in [0.1, 0.15) is 5.56 Å². The van der Waals surface area contributed by atoms with E-state index in [9.17, 15) is 22.7 Å². The zero-order chi connectivity index (χ0) is 20.1. The number of anilines is 1. The monoisotopic (exact) mass is 415 g/mol. The Hall–Kier alpha value is -1.77. The van der Waals surface area contributed by atoms with Crippen molar-refractivity contribution in [3.05, 3.63) is 59.9 Å². The summed E-state index contributed by atoms with van der Waals surface area (Å²) in [5, 5.41) is 10.3. The standard InChI is InChI=1S/C20H22F4N2OS/c21-16-4-6-19(7-5-16)28-14-18(27)13-25-8-10-26(11-9-25)17-3-1-2-15(12-17)20(22,23)24/h1-7,12,18,27H,8-11,13-14H2/p+1/t18-/m1/s1. The maximum absolute atomic E-state index is 12.9. The van der Waals surface area contributed by atoms with Crippen LogP contribution in [0.2, 0.25) is 0 Å². The molecule has 3 rings (SSSR count). The Morgan fingerprint density at radius 1 is 1.07 bits per heavy atom. The van der Waals surface area contributed by atoms with Crippen molar-refractivity contribution in [3.8, 4) is 0 Å². The molecule has 1 atom stereocenters. The van der Waals surface area contributed by atoms with Gasteiger partial charge in [-0.15, -0.1) is 11.8 Å². The third-order valence-electron chi connectivity index (χ3n) is 4.79. The van der Waals surface area contributed by atoms with Crippen LogP contribution in [0.4, 0.5) is 23.2 Å². The molecule has 0 bridgehead atoms. The molecule has 1 saturated heterocycles. The molecule has 0 unspecified atom stereocenters. The van der Waals surface area contributed by atoms with E-state index in [1.807, 2.05) is 4.90 Å². The highest BCUT2D eigenvalue weighted by molar-refractivity contribution is 7.99. The molecule has 1 aliphatic heterocycles. The van der Waals surface area contributed by atoms with E-state index in [0.717, 1.165) is 24.1 Å². The van der Waals surface area contributed by atoms with Crippen molar-refractivity contribution >= 4 is 17.4 Å². The van der Waals surface area contributed by atoms with Gasteiger partial charge in [-0.1, -0.05) is 6.07 Å². The molecule has 28 heavy (non-hydrogen) atoms. The predicted octanol–water partition coefficient (Wildman–Crippen LogP) is 2.70. The number of quaternary nitrogens is 1. The van der Waals surface area contributed by atoms with Gasteiger partial charge in [0, 0.05) is 16.3 Å². The second-order valence-corrected chi connectivity index (χ2v) is 8.00. The lowest BCUT2D eigenvalue weighted by atomic mass is 10.1. The van der Waals surface area contributed by atoms with Gasteiger partial charge in [-0.3, -0.25) is 0 Å². The molecule has 0 aliphatic carbocycles. The molecule has 2 aromatic carbocycles. The Kier molecular flexibility index (Phi) is 6.85. The zero-order valence-corrected chi connectivity index (χ0v) is 16.1. The van der Waals surface area contributed by atoms with Gasteiger partial charge < -0.3 is 14.9 Å². The van der Waals surface area contributed by atoms with Gasteiger partial charge in [0.2, 0.25) is 0 Å². The van der Waals surface area contributed by atoms with Crippen molar-refractivity contribution in [2.24, 2.45) is 0 Å². The predicted molar refractivity (Wildman–Crippen MR) is 102 cm³/mol. The van der Waals surface area contributed by atoms with Gasteiger partial charge in [-0.25, -0.2) is 4.39 Å². The first kappa shape index (κ1) is 21.0. The molecule has 1 fully saturated rings. The molecule has 0 radical (unpaired) electrons. The number of alkyl halides is 3.